The van der Waals surface area contributed by atoms with Crippen molar-refractivity contribution < 1.29 is 0 Å². The number of hydrogen-bond donors (Lipinski definition) is 0. The SMILES string of the molecule is CC(C)CCC[C@@H](C)[C@H]1CC[C@H]2[C@@H]3CC=C4C[C@@H]([S-])CC[C@]4(C)[C@H]3CC[C@]12C. The highest BCUT2D eigenvalue weighted by Gasteiger charge is 2.58. The Hall–Kier alpha value is 0.0900. The van der Waals surface area contributed by atoms with Crippen molar-refractivity contribution in [2.45, 2.75) is 110 Å². The smallest absolute Gasteiger partial charge is 0.00865 e. The second-order valence-corrected chi connectivity index (χ2v) is 12.8. The molecule has 4 aliphatic carbocycles. The first-order chi connectivity index (χ1) is 13.3. The van der Waals surface area contributed by atoms with Crippen LogP contribution in [0.4, 0.5) is 0 Å². The van der Waals surface area contributed by atoms with Gasteiger partial charge in [-0.15, -0.1) is 0 Å². The van der Waals surface area contributed by atoms with E-state index in [1.54, 1.807) is 5.57 Å². The summed E-state index contributed by atoms with van der Waals surface area (Å²) in [6.45, 7) is 12.7. The van der Waals surface area contributed by atoms with Gasteiger partial charge in [-0.3, -0.25) is 0 Å². The van der Waals surface area contributed by atoms with Gasteiger partial charge < -0.3 is 12.6 Å². The van der Waals surface area contributed by atoms with E-state index in [0.717, 1.165) is 35.5 Å². The summed E-state index contributed by atoms with van der Waals surface area (Å²) < 4.78 is 0. The van der Waals surface area contributed by atoms with Gasteiger partial charge in [-0.2, -0.15) is 5.25 Å². The van der Waals surface area contributed by atoms with Crippen LogP contribution in [0.5, 0.6) is 0 Å². The Morgan fingerprint density at radius 3 is 2.54 bits per heavy atom. The van der Waals surface area contributed by atoms with Gasteiger partial charge >= 0.3 is 0 Å². The monoisotopic (exact) mass is 401 g/mol. The molecule has 8 atom stereocenters. The Morgan fingerprint density at radius 1 is 1.00 bits per heavy atom. The average Bonchev–Trinajstić information content (AvgIpc) is 2.99. The predicted molar refractivity (Wildman–Crippen MR) is 124 cm³/mol. The summed E-state index contributed by atoms with van der Waals surface area (Å²) in [6, 6.07) is 0. The summed E-state index contributed by atoms with van der Waals surface area (Å²) in [5.41, 5.74) is 2.87. The van der Waals surface area contributed by atoms with Gasteiger partial charge in [0.1, 0.15) is 0 Å². The molecule has 0 bridgehead atoms. The van der Waals surface area contributed by atoms with Crippen molar-refractivity contribution in [3.63, 3.8) is 0 Å². The largest absolute Gasteiger partial charge is 0.789 e. The molecule has 0 heterocycles. The van der Waals surface area contributed by atoms with Crippen molar-refractivity contribution in [3.05, 3.63) is 11.6 Å². The topological polar surface area (TPSA) is 0 Å². The van der Waals surface area contributed by atoms with Crippen molar-refractivity contribution in [3.8, 4) is 0 Å². The van der Waals surface area contributed by atoms with Gasteiger partial charge in [-0.05, 0) is 84.9 Å². The Morgan fingerprint density at radius 2 is 1.79 bits per heavy atom. The Kier molecular flexibility index (Phi) is 6.07. The molecule has 160 valence electrons. The fourth-order valence-electron chi connectivity index (χ4n) is 8.65. The second kappa shape index (κ2) is 7.97. The molecule has 0 radical (unpaired) electrons. The van der Waals surface area contributed by atoms with Crippen molar-refractivity contribution in [1.82, 2.24) is 0 Å². The van der Waals surface area contributed by atoms with Crippen LogP contribution >= 0.6 is 0 Å². The molecule has 0 aromatic carbocycles. The van der Waals surface area contributed by atoms with Crippen LogP contribution in [-0.4, -0.2) is 5.25 Å². The van der Waals surface area contributed by atoms with Gasteiger partial charge in [0.25, 0.3) is 0 Å². The molecule has 0 N–H and O–H groups in total. The molecule has 0 spiro atoms. The quantitative estimate of drug-likeness (QED) is 0.333. The Balaban J connectivity index is 1.49. The minimum atomic E-state index is 0.487. The molecule has 3 saturated carbocycles. The van der Waals surface area contributed by atoms with Crippen molar-refractivity contribution in [2.24, 2.45) is 46.3 Å². The van der Waals surface area contributed by atoms with Gasteiger partial charge in [0.05, 0.1) is 0 Å². The zero-order chi connectivity index (χ0) is 20.1. The summed E-state index contributed by atoms with van der Waals surface area (Å²) in [7, 11) is 0. The molecule has 3 fully saturated rings. The first-order valence-electron chi connectivity index (χ1n) is 12.6. The highest BCUT2D eigenvalue weighted by molar-refractivity contribution is 7.59. The lowest BCUT2D eigenvalue weighted by Crippen LogP contribution is -2.50. The maximum Gasteiger partial charge on any atom is -0.00865 e. The van der Waals surface area contributed by atoms with Gasteiger partial charge in [0.2, 0.25) is 0 Å². The zero-order valence-corrected chi connectivity index (χ0v) is 20.1. The minimum Gasteiger partial charge on any atom is -0.789 e. The molecule has 0 nitrogen and oxygen atoms in total. The summed E-state index contributed by atoms with van der Waals surface area (Å²) in [5, 5.41) is 0.507. The lowest BCUT2D eigenvalue weighted by Gasteiger charge is -2.59. The van der Waals surface area contributed by atoms with Crippen LogP contribution in [0, 0.1) is 46.3 Å². The molecule has 1 heteroatoms. The number of rotatable bonds is 5. The fraction of sp³-hybridized carbons (Fsp3) is 0.926. The lowest BCUT2D eigenvalue weighted by molar-refractivity contribution is -0.0497. The average molecular weight is 402 g/mol. The molecule has 0 aromatic rings. The number of allylic oxidation sites excluding steroid dienone is 2. The van der Waals surface area contributed by atoms with Crippen LogP contribution in [-0.2, 0) is 12.6 Å². The van der Waals surface area contributed by atoms with E-state index in [0.29, 0.717) is 16.1 Å². The first kappa shape index (κ1) is 21.3. The highest BCUT2D eigenvalue weighted by Crippen LogP contribution is 2.67. The first-order valence-corrected chi connectivity index (χ1v) is 13.1. The highest BCUT2D eigenvalue weighted by atomic mass is 32.1. The van der Waals surface area contributed by atoms with E-state index in [-0.39, 0.29) is 0 Å². The van der Waals surface area contributed by atoms with Gasteiger partial charge in [-0.1, -0.05) is 78.4 Å². The van der Waals surface area contributed by atoms with Crippen LogP contribution in [0.1, 0.15) is 105 Å². The van der Waals surface area contributed by atoms with Crippen molar-refractivity contribution >= 4 is 12.6 Å². The molecule has 0 aliphatic heterocycles. The molecular formula is C27H45S-. The molecule has 4 aliphatic rings. The van der Waals surface area contributed by atoms with E-state index < -0.39 is 0 Å². The summed E-state index contributed by atoms with van der Waals surface area (Å²) in [4.78, 5) is 0. The molecule has 28 heavy (non-hydrogen) atoms. The van der Waals surface area contributed by atoms with Crippen LogP contribution in [0.25, 0.3) is 0 Å². The third-order valence-corrected chi connectivity index (χ3v) is 10.7. The van der Waals surface area contributed by atoms with Crippen LogP contribution in [0.15, 0.2) is 11.6 Å². The molecular weight excluding hydrogens is 356 g/mol. The van der Waals surface area contributed by atoms with Crippen LogP contribution in [0.2, 0.25) is 0 Å². The fourth-order valence-corrected chi connectivity index (χ4v) is 8.95. The standard InChI is InChI=1S/C27H46S/c1-18(2)7-6-8-19(3)23-11-12-24-22-10-9-20-17-21(28)13-15-26(20,4)25(22)14-16-27(23,24)5/h9,18-19,21-25,28H,6-8,10-17H2,1-5H3/p-1/t19-,21+,22+,23-,24+,25+,26+,27-/m1/s1. The summed E-state index contributed by atoms with van der Waals surface area (Å²) >= 11 is 5.70. The van der Waals surface area contributed by atoms with E-state index in [1.165, 1.54) is 70.6 Å². The summed E-state index contributed by atoms with van der Waals surface area (Å²) in [5.74, 6) is 5.66. The normalized spacial score (nSPS) is 46.5. The lowest BCUT2D eigenvalue weighted by atomic mass is 9.47. The molecule has 0 saturated heterocycles. The number of hydrogen-bond acceptors (Lipinski definition) is 1. The van der Waals surface area contributed by atoms with E-state index in [4.69, 9.17) is 12.6 Å². The van der Waals surface area contributed by atoms with E-state index in [9.17, 15) is 0 Å². The van der Waals surface area contributed by atoms with Crippen molar-refractivity contribution in [1.29, 1.82) is 0 Å². The summed E-state index contributed by atoms with van der Waals surface area (Å²) in [6.07, 6.45) is 18.2. The van der Waals surface area contributed by atoms with E-state index in [2.05, 4.69) is 40.7 Å². The van der Waals surface area contributed by atoms with E-state index >= 15 is 0 Å². The molecule has 0 unspecified atom stereocenters. The van der Waals surface area contributed by atoms with Crippen molar-refractivity contribution in [2.75, 3.05) is 0 Å². The van der Waals surface area contributed by atoms with Gasteiger partial charge in [0.15, 0.2) is 0 Å². The molecule has 4 rings (SSSR count). The number of fused-ring (bicyclic) bond motifs is 5. The van der Waals surface area contributed by atoms with Gasteiger partial charge in [-0.25, -0.2) is 0 Å². The zero-order valence-electron chi connectivity index (χ0n) is 19.3. The predicted octanol–water partition coefficient (Wildman–Crippen LogP) is 7.94. The Bertz CT molecular complexity index is 591. The molecule has 0 aromatic heterocycles. The maximum absolute atomic E-state index is 5.70. The second-order valence-electron chi connectivity index (χ2n) is 12.2. The van der Waals surface area contributed by atoms with E-state index in [1.807, 2.05) is 0 Å². The Labute approximate surface area is 181 Å². The van der Waals surface area contributed by atoms with Gasteiger partial charge in [0, 0.05) is 0 Å². The third-order valence-electron chi connectivity index (χ3n) is 10.3. The molecule has 0 amide bonds. The van der Waals surface area contributed by atoms with Crippen LogP contribution in [0.3, 0.4) is 0 Å². The van der Waals surface area contributed by atoms with Crippen LogP contribution < -0.4 is 0 Å². The maximum atomic E-state index is 5.70. The third kappa shape index (κ3) is 3.54. The minimum absolute atomic E-state index is 0.487.